The van der Waals surface area contributed by atoms with Crippen LogP contribution in [0.3, 0.4) is 0 Å². The summed E-state index contributed by atoms with van der Waals surface area (Å²) in [6.07, 6.45) is 1.92. The minimum Gasteiger partial charge on any atom is -0.481 e. The third-order valence-electron chi connectivity index (χ3n) is 2.94. The molecule has 6 nitrogen and oxygen atoms in total. The number of nitrogens with one attached hydrogen (secondary N) is 1. The molecule has 0 aliphatic heterocycles. The molecule has 1 N–H and O–H groups in total. The molecule has 0 radical (unpaired) electrons. The van der Waals surface area contributed by atoms with Crippen molar-refractivity contribution in [3.05, 3.63) is 28.8 Å². The summed E-state index contributed by atoms with van der Waals surface area (Å²) in [5.74, 6) is 0.553. The summed E-state index contributed by atoms with van der Waals surface area (Å²) in [5.41, 5.74) is 3.41. The van der Waals surface area contributed by atoms with Gasteiger partial charge >= 0.3 is 0 Å². The molecule has 0 atom stereocenters. The Hall–Kier alpha value is -2.15. The Morgan fingerprint density at radius 1 is 1.37 bits per heavy atom. The summed E-state index contributed by atoms with van der Waals surface area (Å²) in [6.45, 7) is 1.94. The summed E-state index contributed by atoms with van der Waals surface area (Å²) in [6, 6.07) is 3.70. The van der Waals surface area contributed by atoms with Crippen LogP contribution < -0.4 is 4.74 Å². The molecular weight excluding hydrogens is 262 g/mol. The highest BCUT2D eigenvalue weighted by molar-refractivity contribution is 7.71. The molecule has 3 heterocycles. The molecule has 19 heavy (non-hydrogen) atoms. The largest absolute Gasteiger partial charge is 0.481 e. The van der Waals surface area contributed by atoms with Gasteiger partial charge in [-0.15, -0.1) is 0 Å². The van der Waals surface area contributed by atoms with Crippen LogP contribution in [0.15, 0.2) is 18.3 Å². The number of hydrogen-bond donors (Lipinski definition) is 1. The highest BCUT2D eigenvalue weighted by Crippen LogP contribution is 2.22. The van der Waals surface area contributed by atoms with Crippen molar-refractivity contribution in [2.24, 2.45) is 7.05 Å². The van der Waals surface area contributed by atoms with Crippen molar-refractivity contribution in [2.75, 3.05) is 7.11 Å². The highest BCUT2D eigenvalue weighted by Gasteiger charge is 2.13. The van der Waals surface area contributed by atoms with Crippen LogP contribution in [0, 0.1) is 11.7 Å². The van der Waals surface area contributed by atoms with E-state index < -0.39 is 0 Å². The average Bonchev–Trinajstić information content (AvgIpc) is 2.86. The molecule has 0 aromatic carbocycles. The van der Waals surface area contributed by atoms with Crippen molar-refractivity contribution in [1.82, 2.24) is 24.3 Å². The molecule has 0 spiro atoms. The first-order valence-electron chi connectivity index (χ1n) is 5.76. The van der Waals surface area contributed by atoms with Crippen molar-refractivity contribution in [1.29, 1.82) is 0 Å². The van der Waals surface area contributed by atoms with Crippen molar-refractivity contribution < 1.29 is 4.74 Å². The highest BCUT2D eigenvalue weighted by atomic mass is 32.1. The number of imidazole rings is 1. The molecule has 0 unspecified atom stereocenters. The molecule has 3 aromatic heterocycles. The summed E-state index contributed by atoms with van der Waals surface area (Å²) >= 11 is 5.37. The summed E-state index contributed by atoms with van der Waals surface area (Å²) in [4.78, 5) is 7.58. The van der Waals surface area contributed by atoms with Crippen LogP contribution in [0.5, 0.6) is 5.88 Å². The van der Waals surface area contributed by atoms with Gasteiger partial charge in [-0.1, -0.05) is 0 Å². The van der Waals surface area contributed by atoms with Crippen LogP contribution >= 0.6 is 12.2 Å². The molecule has 7 heteroatoms. The number of methoxy groups -OCH3 is 1. The van der Waals surface area contributed by atoms with Crippen LogP contribution in [0.25, 0.3) is 16.9 Å². The lowest BCUT2D eigenvalue weighted by Gasteiger charge is -2.03. The second-order valence-electron chi connectivity index (χ2n) is 4.26. The van der Waals surface area contributed by atoms with E-state index in [4.69, 9.17) is 17.0 Å². The molecule has 0 amide bonds. The molecule has 0 aliphatic carbocycles. The number of rotatable bonds is 2. The topological polar surface area (TPSA) is 60.7 Å². The number of pyridine rings is 1. The van der Waals surface area contributed by atoms with Gasteiger partial charge in [-0.05, 0) is 25.2 Å². The first-order valence-corrected chi connectivity index (χ1v) is 6.17. The van der Waals surface area contributed by atoms with Gasteiger partial charge in [0.2, 0.25) is 5.88 Å². The standard InChI is InChI=1S/C12H13N5OS/c1-7-9(6-16(2)15-7)17-11-8(13-12(17)19)4-5-10(14-11)18-3/h4-6H,1-3H3,(H,13,19). The maximum absolute atomic E-state index is 5.37. The van der Waals surface area contributed by atoms with Gasteiger partial charge in [0.1, 0.15) is 0 Å². The van der Waals surface area contributed by atoms with Crippen LogP contribution in [0.1, 0.15) is 5.69 Å². The van der Waals surface area contributed by atoms with E-state index >= 15 is 0 Å². The molecule has 3 rings (SSSR count). The van der Waals surface area contributed by atoms with Gasteiger partial charge < -0.3 is 9.72 Å². The maximum atomic E-state index is 5.37. The van der Waals surface area contributed by atoms with Gasteiger partial charge in [-0.25, -0.2) is 0 Å². The lowest BCUT2D eigenvalue weighted by molar-refractivity contribution is 0.399. The van der Waals surface area contributed by atoms with E-state index in [1.54, 1.807) is 17.9 Å². The summed E-state index contributed by atoms with van der Waals surface area (Å²) in [5, 5.41) is 4.33. The lowest BCUT2D eigenvalue weighted by Crippen LogP contribution is -1.97. The first kappa shape index (κ1) is 11.9. The zero-order chi connectivity index (χ0) is 13.6. The third kappa shape index (κ3) is 1.82. The minimum atomic E-state index is 0.553. The fourth-order valence-electron chi connectivity index (χ4n) is 2.11. The number of aromatic amines is 1. The Balaban J connectivity index is 2.36. The molecule has 0 saturated carbocycles. The van der Waals surface area contributed by atoms with Gasteiger partial charge in [0, 0.05) is 19.3 Å². The quantitative estimate of drug-likeness (QED) is 0.728. The number of nitrogens with zero attached hydrogens (tertiary/aromatic N) is 4. The van der Waals surface area contributed by atoms with Gasteiger partial charge in [0.05, 0.1) is 24.0 Å². The second kappa shape index (κ2) is 4.20. The van der Waals surface area contributed by atoms with Crippen LogP contribution in [0.4, 0.5) is 0 Å². The van der Waals surface area contributed by atoms with E-state index in [2.05, 4.69) is 15.1 Å². The zero-order valence-electron chi connectivity index (χ0n) is 10.8. The number of aryl methyl sites for hydroxylation is 2. The Labute approximate surface area is 114 Å². The Morgan fingerprint density at radius 2 is 2.16 bits per heavy atom. The molecule has 3 aromatic rings. The Morgan fingerprint density at radius 3 is 2.79 bits per heavy atom. The molecule has 98 valence electrons. The van der Waals surface area contributed by atoms with E-state index in [9.17, 15) is 0 Å². The average molecular weight is 275 g/mol. The van der Waals surface area contributed by atoms with Crippen molar-refractivity contribution in [3.8, 4) is 11.6 Å². The van der Waals surface area contributed by atoms with E-state index in [1.807, 2.05) is 30.8 Å². The number of hydrogen-bond acceptors (Lipinski definition) is 4. The third-order valence-corrected chi connectivity index (χ3v) is 3.23. The predicted molar refractivity (Wildman–Crippen MR) is 74.3 cm³/mol. The minimum absolute atomic E-state index is 0.553. The second-order valence-corrected chi connectivity index (χ2v) is 4.65. The Kier molecular flexibility index (Phi) is 2.63. The normalized spacial score (nSPS) is 11.1. The van der Waals surface area contributed by atoms with Crippen molar-refractivity contribution >= 4 is 23.4 Å². The van der Waals surface area contributed by atoms with Gasteiger partial charge in [-0.2, -0.15) is 10.1 Å². The van der Waals surface area contributed by atoms with Crippen molar-refractivity contribution in [3.63, 3.8) is 0 Å². The van der Waals surface area contributed by atoms with Crippen LogP contribution in [-0.2, 0) is 7.05 Å². The first-order chi connectivity index (χ1) is 9.10. The van der Waals surface area contributed by atoms with E-state index in [-0.39, 0.29) is 0 Å². The number of H-pyrrole nitrogens is 1. The van der Waals surface area contributed by atoms with E-state index in [0.29, 0.717) is 10.7 Å². The fourth-order valence-corrected chi connectivity index (χ4v) is 2.40. The molecule has 0 bridgehead atoms. The summed E-state index contributed by atoms with van der Waals surface area (Å²) < 4.78 is 9.38. The SMILES string of the molecule is COc1ccc2[nH]c(=S)n(-c3cn(C)nc3C)c2n1. The monoisotopic (exact) mass is 275 g/mol. The van der Waals surface area contributed by atoms with Crippen LogP contribution in [-0.4, -0.2) is 31.4 Å². The van der Waals surface area contributed by atoms with Gasteiger partial charge in [0.25, 0.3) is 0 Å². The molecule has 0 saturated heterocycles. The van der Waals surface area contributed by atoms with E-state index in [0.717, 1.165) is 22.5 Å². The van der Waals surface area contributed by atoms with Gasteiger partial charge in [-0.3, -0.25) is 9.25 Å². The van der Waals surface area contributed by atoms with Gasteiger partial charge in [0.15, 0.2) is 10.4 Å². The predicted octanol–water partition coefficient (Wildman–Crippen LogP) is 2.13. The smallest absolute Gasteiger partial charge is 0.215 e. The molecule has 0 aliphatic rings. The Bertz CT molecular complexity index is 813. The number of aromatic nitrogens is 5. The van der Waals surface area contributed by atoms with Crippen LogP contribution in [0.2, 0.25) is 0 Å². The van der Waals surface area contributed by atoms with Crippen molar-refractivity contribution in [2.45, 2.75) is 6.92 Å². The summed E-state index contributed by atoms with van der Waals surface area (Å²) in [7, 11) is 3.47. The zero-order valence-corrected chi connectivity index (χ0v) is 11.7. The fraction of sp³-hybridized carbons (Fsp3) is 0.250. The molecular formula is C12H13N5OS. The molecule has 0 fully saturated rings. The number of ether oxygens (including phenoxy) is 1. The number of fused-ring (bicyclic) bond motifs is 1. The maximum Gasteiger partial charge on any atom is 0.215 e. The lowest BCUT2D eigenvalue weighted by atomic mass is 10.4. The van der Waals surface area contributed by atoms with E-state index in [1.165, 1.54) is 0 Å².